The van der Waals surface area contributed by atoms with Crippen LogP contribution in [-0.2, 0) is 7.05 Å². The van der Waals surface area contributed by atoms with Crippen molar-refractivity contribution in [3.8, 4) is 0 Å². The van der Waals surface area contributed by atoms with E-state index in [-0.39, 0.29) is 11.6 Å². The maximum Gasteiger partial charge on any atom is 0.343 e. The highest BCUT2D eigenvalue weighted by molar-refractivity contribution is 9.10. The lowest BCUT2D eigenvalue weighted by molar-refractivity contribution is -0.445. The Kier molecular flexibility index (Phi) is 5.51. The molecule has 0 amide bonds. The molecule has 122 valence electrons. The number of nitrogens with zero attached hydrogens (tertiary/aromatic N) is 5. The molecule has 2 heterocycles. The number of nitro groups is 2. The van der Waals surface area contributed by atoms with Gasteiger partial charge in [0.25, 0.3) is 4.73 Å². The fraction of sp³-hybridized carbons (Fsp3) is 0.500. The van der Waals surface area contributed by atoms with Gasteiger partial charge in [0.05, 0.1) is 14.1 Å². The van der Waals surface area contributed by atoms with Gasteiger partial charge in [-0.3, -0.25) is 0 Å². The highest BCUT2D eigenvalue weighted by atomic mass is 79.9. The minimum Gasteiger partial charge on any atom is -0.358 e. The lowest BCUT2D eigenvalue weighted by Gasteiger charge is -2.22. The summed E-state index contributed by atoms with van der Waals surface area (Å²) in [6.45, 7) is 3.49. The second-order valence-electron chi connectivity index (χ2n) is 4.54. The normalized spacial score (nSPS) is 20.4. The van der Waals surface area contributed by atoms with E-state index >= 15 is 0 Å². The van der Waals surface area contributed by atoms with Gasteiger partial charge in [-0.15, -0.1) is 0 Å². The molecule has 22 heavy (non-hydrogen) atoms. The van der Waals surface area contributed by atoms with Crippen molar-refractivity contribution in [3.05, 3.63) is 42.7 Å². The Morgan fingerprint density at radius 1 is 1.32 bits per heavy atom. The standard InChI is InChI=1S/C6H10BrN3O2.C4H4BrN3O2/c1-4-5(10(11)12)9(3)6(2,7)8-4;1-7-3(8(9)10)2-6-4(7)5/h8H,1-3H3;2H,1H3. The summed E-state index contributed by atoms with van der Waals surface area (Å²) in [4.78, 5) is 25.1. The monoisotopic (exact) mass is 440 g/mol. The predicted molar refractivity (Wildman–Crippen MR) is 85.5 cm³/mol. The molecule has 0 aromatic carbocycles. The molecule has 10 nitrogen and oxygen atoms in total. The van der Waals surface area contributed by atoms with E-state index in [1.807, 2.05) is 6.92 Å². The number of rotatable bonds is 2. The maximum atomic E-state index is 10.6. The average molecular weight is 442 g/mol. The van der Waals surface area contributed by atoms with Gasteiger partial charge in [0.2, 0.25) is 4.57 Å². The van der Waals surface area contributed by atoms with E-state index in [1.165, 1.54) is 10.8 Å². The van der Waals surface area contributed by atoms with Crippen LogP contribution in [0.2, 0.25) is 0 Å². The van der Waals surface area contributed by atoms with Crippen molar-refractivity contribution in [2.45, 2.75) is 18.4 Å². The highest BCUT2D eigenvalue weighted by Gasteiger charge is 2.43. The summed E-state index contributed by atoms with van der Waals surface area (Å²) < 4.78 is 1.26. The van der Waals surface area contributed by atoms with E-state index in [2.05, 4.69) is 42.2 Å². The second kappa shape index (κ2) is 6.60. The molecule has 0 bridgehead atoms. The topological polar surface area (TPSA) is 119 Å². The zero-order valence-corrected chi connectivity index (χ0v) is 15.4. The molecular weight excluding hydrogens is 428 g/mol. The Bertz CT molecular complexity index is 641. The van der Waals surface area contributed by atoms with Gasteiger partial charge in [0.1, 0.15) is 11.9 Å². The maximum absolute atomic E-state index is 10.6. The fourth-order valence-electron chi connectivity index (χ4n) is 1.74. The Morgan fingerprint density at radius 3 is 2.05 bits per heavy atom. The van der Waals surface area contributed by atoms with Crippen LogP contribution >= 0.6 is 31.9 Å². The van der Waals surface area contributed by atoms with Crippen LogP contribution in [0.5, 0.6) is 0 Å². The van der Waals surface area contributed by atoms with Crippen LogP contribution in [0.1, 0.15) is 13.8 Å². The zero-order chi connectivity index (χ0) is 17.2. The lowest BCUT2D eigenvalue weighted by atomic mass is 10.5. The number of hydrogen-bond acceptors (Lipinski definition) is 7. The van der Waals surface area contributed by atoms with Crippen molar-refractivity contribution in [2.75, 3.05) is 7.05 Å². The van der Waals surface area contributed by atoms with Gasteiger partial charge in [-0.2, -0.15) is 0 Å². The van der Waals surface area contributed by atoms with E-state index in [9.17, 15) is 20.2 Å². The van der Waals surface area contributed by atoms with Gasteiger partial charge < -0.3 is 25.5 Å². The number of hydrogen-bond donors (Lipinski definition) is 1. The van der Waals surface area contributed by atoms with Crippen molar-refractivity contribution in [1.29, 1.82) is 0 Å². The number of imidazole rings is 1. The van der Waals surface area contributed by atoms with Crippen LogP contribution in [0.25, 0.3) is 0 Å². The van der Waals surface area contributed by atoms with E-state index in [0.717, 1.165) is 0 Å². The minimum absolute atomic E-state index is 0.0214. The largest absolute Gasteiger partial charge is 0.358 e. The second-order valence-corrected chi connectivity index (χ2v) is 6.80. The molecule has 1 N–H and O–H groups in total. The Hall–Kier alpha value is -1.69. The van der Waals surface area contributed by atoms with Gasteiger partial charge in [-0.25, -0.2) is 14.5 Å². The van der Waals surface area contributed by atoms with Crippen LogP contribution in [0, 0.1) is 20.2 Å². The zero-order valence-electron chi connectivity index (χ0n) is 12.2. The SMILES string of the molecule is CC1=C([N+](=O)[O-])N(C)C(C)(Br)N1.Cn1c([N+](=O)[O-])cnc1Br. The van der Waals surface area contributed by atoms with Crippen LogP contribution in [0.15, 0.2) is 22.4 Å². The summed E-state index contributed by atoms with van der Waals surface area (Å²) >= 11 is 6.36. The summed E-state index contributed by atoms with van der Waals surface area (Å²) in [5, 5.41) is 23.7. The first-order valence-electron chi connectivity index (χ1n) is 5.86. The number of aromatic nitrogens is 2. The first kappa shape index (κ1) is 18.4. The van der Waals surface area contributed by atoms with Gasteiger partial charge >= 0.3 is 11.6 Å². The molecule has 0 fully saturated rings. The number of nitrogens with one attached hydrogen (secondary N) is 1. The van der Waals surface area contributed by atoms with Crippen molar-refractivity contribution in [1.82, 2.24) is 19.8 Å². The number of allylic oxidation sites excluding steroid dienone is 1. The molecule has 0 aliphatic carbocycles. The van der Waals surface area contributed by atoms with E-state index < -0.39 is 14.4 Å². The molecule has 1 aromatic heterocycles. The third kappa shape index (κ3) is 3.74. The predicted octanol–water partition coefficient (Wildman–Crippen LogP) is 2.15. The molecule has 1 aliphatic heterocycles. The van der Waals surface area contributed by atoms with Gasteiger partial charge in [-0.1, -0.05) is 0 Å². The molecular formula is C10H14Br2N6O4. The summed E-state index contributed by atoms with van der Waals surface area (Å²) in [6.07, 6.45) is 1.20. The summed E-state index contributed by atoms with van der Waals surface area (Å²) in [5.41, 5.74) is 0.571. The molecule has 1 unspecified atom stereocenters. The number of halogens is 2. The summed E-state index contributed by atoms with van der Waals surface area (Å²) in [6, 6.07) is 0. The van der Waals surface area contributed by atoms with Gasteiger partial charge in [-0.05, 0) is 32.7 Å². The molecule has 0 saturated carbocycles. The average Bonchev–Trinajstić information content (AvgIpc) is 2.79. The van der Waals surface area contributed by atoms with Crippen molar-refractivity contribution in [2.24, 2.45) is 7.05 Å². The smallest absolute Gasteiger partial charge is 0.343 e. The fourth-order valence-corrected chi connectivity index (χ4v) is 2.49. The quantitative estimate of drug-likeness (QED) is 0.323. The highest BCUT2D eigenvalue weighted by Crippen LogP contribution is 2.30. The molecule has 0 saturated heterocycles. The molecule has 0 spiro atoms. The molecule has 0 radical (unpaired) electrons. The lowest BCUT2D eigenvalue weighted by Crippen LogP contribution is -2.42. The molecule has 2 rings (SSSR count). The third-order valence-electron chi connectivity index (χ3n) is 2.97. The van der Waals surface area contributed by atoms with Crippen molar-refractivity contribution < 1.29 is 9.85 Å². The van der Waals surface area contributed by atoms with Crippen molar-refractivity contribution in [3.63, 3.8) is 0 Å². The molecule has 1 aliphatic rings. The molecule has 12 heteroatoms. The van der Waals surface area contributed by atoms with E-state index in [4.69, 9.17) is 0 Å². The van der Waals surface area contributed by atoms with E-state index in [0.29, 0.717) is 10.4 Å². The summed E-state index contributed by atoms with van der Waals surface area (Å²) in [5.74, 6) is 0.0845. The third-order valence-corrected chi connectivity index (χ3v) is 4.43. The number of alkyl halides is 1. The minimum atomic E-state index is -0.542. The summed E-state index contributed by atoms with van der Waals surface area (Å²) in [7, 11) is 3.23. The molecule has 1 aromatic rings. The molecule has 1 atom stereocenters. The van der Waals surface area contributed by atoms with Crippen LogP contribution in [-0.4, -0.2) is 35.9 Å². The Morgan fingerprint density at radius 2 is 1.86 bits per heavy atom. The van der Waals surface area contributed by atoms with Crippen LogP contribution in [0.4, 0.5) is 5.82 Å². The Balaban J connectivity index is 0.000000224. The van der Waals surface area contributed by atoms with Crippen LogP contribution < -0.4 is 5.32 Å². The van der Waals surface area contributed by atoms with Crippen molar-refractivity contribution >= 4 is 37.7 Å². The van der Waals surface area contributed by atoms with Crippen LogP contribution in [0.3, 0.4) is 0 Å². The Labute approximate surface area is 142 Å². The first-order chi connectivity index (χ1) is 9.99. The van der Waals surface area contributed by atoms with E-state index in [1.54, 1.807) is 25.9 Å². The first-order valence-corrected chi connectivity index (χ1v) is 7.45. The van der Waals surface area contributed by atoms with Gasteiger partial charge in [0.15, 0.2) is 0 Å². The van der Waals surface area contributed by atoms with Gasteiger partial charge in [0, 0.05) is 22.9 Å².